The van der Waals surface area contributed by atoms with Crippen molar-refractivity contribution in [2.24, 2.45) is 5.92 Å². The van der Waals surface area contributed by atoms with Crippen LogP contribution < -0.4 is 5.32 Å². The van der Waals surface area contributed by atoms with Crippen LogP contribution in [0.1, 0.15) is 24.8 Å². The van der Waals surface area contributed by atoms with Crippen molar-refractivity contribution < 1.29 is 9.18 Å². The third kappa shape index (κ3) is 2.93. The molecule has 1 aromatic carbocycles. The predicted octanol–water partition coefficient (Wildman–Crippen LogP) is 3.43. The van der Waals surface area contributed by atoms with Gasteiger partial charge in [0.25, 0.3) is 0 Å². The van der Waals surface area contributed by atoms with Crippen LogP contribution in [-0.4, -0.2) is 5.91 Å². The third-order valence-electron chi connectivity index (χ3n) is 3.02. The number of allylic oxidation sites excluding steroid dienone is 2. The van der Waals surface area contributed by atoms with Gasteiger partial charge in [0.2, 0.25) is 5.91 Å². The Kier molecular flexibility index (Phi) is 3.57. The van der Waals surface area contributed by atoms with Gasteiger partial charge in [-0.1, -0.05) is 18.2 Å². The molecule has 1 aliphatic rings. The molecule has 0 heterocycles. The molecule has 17 heavy (non-hydrogen) atoms. The average Bonchev–Trinajstić information content (AvgIpc) is 2.35. The van der Waals surface area contributed by atoms with Crippen LogP contribution in [0.5, 0.6) is 0 Å². The zero-order chi connectivity index (χ0) is 12.3. The van der Waals surface area contributed by atoms with Crippen LogP contribution in [0, 0.1) is 18.7 Å². The quantitative estimate of drug-likeness (QED) is 0.779. The van der Waals surface area contributed by atoms with E-state index in [9.17, 15) is 9.18 Å². The number of anilines is 1. The van der Waals surface area contributed by atoms with E-state index in [4.69, 9.17) is 0 Å². The molecule has 0 fully saturated rings. The lowest BCUT2D eigenvalue weighted by atomic mass is 9.93. The van der Waals surface area contributed by atoms with Crippen molar-refractivity contribution >= 4 is 11.6 Å². The number of hydrogen-bond donors (Lipinski definition) is 1. The van der Waals surface area contributed by atoms with Crippen LogP contribution in [0.4, 0.5) is 10.1 Å². The normalized spacial score (nSPS) is 19.1. The molecule has 0 aliphatic heterocycles. The molecule has 0 bridgehead atoms. The van der Waals surface area contributed by atoms with E-state index in [1.807, 2.05) is 13.0 Å². The summed E-state index contributed by atoms with van der Waals surface area (Å²) in [4.78, 5) is 11.9. The largest absolute Gasteiger partial charge is 0.323 e. The second-order valence-corrected chi connectivity index (χ2v) is 4.45. The monoisotopic (exact) mass is 233 g/mol. The van der Waals surface area contributed by atoms with Gasteiger partial charge in [-0.25, -0.2) is 4.39 Å². The lowest BCUT2D eigenvalue weighted by molar-refractivity contribution is -0.120. The number of carbonyl (C=O) groups excluding carboxylic acids is 1. The maximum atomic E-state index is 13.5. The molecule has 2 nitrogen and oxygen atoms in total. The van der Waals surface area contributed by atoms with Crippen molar-refractivity contribution in [1.29, 1.82) is 0 Å². The SMILES string of the molecule is Cc1ccc(F)c(NC(=O)C2CC=CCC2)c1. The fourth-order valence-electron chi connectivity index (χ4n) is 2.00. The molecule has 0 aromatic heterocycles. The van der Waals surface area contributed by atoms with Crippen molar-refractivity contribution in [1.82, 2.24) is 0 Å². The summed E-state index contributed by atoms with van der Waals surface area (Å²) < 4.78 is 13.5. The van der Waals surface area contributed by atoms with Gasteiger partial charge in [-0.15, -0.1) is 0 Å². The highest BCUT2D eigenvalue weighted by Gasteiger charge is 2.19. The van der Waals surface area contributed by atoms with Gasteiger partial charge in [-0.3, -0.25) is 4.79 Å². The third-order valence-corrected chi connectivity index (χ3v) is 3.02. The van der Waals surface area contributed by atoms with Crippen LogP contribution in [0.3, 0.4) is 0 Å². The van der Waals surface area contributed by atoms with E-state index in [0.717, 1.165) is 24.8 Å². The van der Waals surface area contributed by atoms with Gasteiger partial charge < -0.3 is 5.32 Å². The topological polar surface area (TPSA) is 29.1 Å². The van der Waals surface area contributed by atoms with Gasteiger partial charge in [0.1, 0.15) is 5.82 Å². The molecule has 1 amide bonds. The molecule has 0 spiro atoms. The molecule has 1 N–H and O–H groups in total. The fraction of sp³-hybridized carbons (Fsp3) is 0.357. The average molecular weight is 233 g/mol. The molecular weight excluding hydrogens is 217 g/mol. The van der Waals surface area contributed by atoms with E-state index >= 15 is 0 Å². The second-order valence-electron chi connectivity index (χ2n) is 4.45. The van der Waals surface area contributed by atoms with Gasteiger partial charge in [0.05, 0.1) is 5.69 Å². The Morgan fingerprint density at radius 1 is 1.41 bits per heavy atom. The minimum Gasteiger partial charge on any atom is -0.323 e. The van der Waals surface area contributed by atoms with E-state index in [0.29, 0.717) is 0 Å². The Hall–Kier alpha value is -1.64. The molecule has 3 heteroatoms. The van der Waals surface area contributed by atoms with Crippen molar-refractivity contribution in [3.05, 3.63) is 41.7 Å². The van der Waals surface area contributed by atoms with Gasteiger partial charge in [0, 0.05) is 5.92 Å². The van der Waals surface area contributed by atoms with Gasteiger partial charge in [0.15, 0.2) is 0 Å². The summed E-state index contributed by atoms with van der Waals surface area (Å²) in [6, 6.07) is 4.73. The zero-order valence-electron chi connectivity index (χ0n) is 9.87. The Morgan fingerprint density at radius 3 is 2.94 bits per heavy atom. The first kappa shape index (κ1) is 11.8. The van der Waals surface area contributed by atoms with E-state index in [2.05, 4.69) is 11.4 Å². The first-order valence-corrected chi connectivity index (χ1v) is 5.89. The highest BCUT2D eigenvalue weighted by Crippen LogP contribution is 2.22. The summed E-state index contributed by atoms with van der Waals surface area (Å²) in [6.45, 7) is 1.87. The number of nitrogens with one attached hydrogen (secondary N) is 1. The lowest BCUT2D eigenvalue weighted by Crippen LogP contribution is -2.24. The molecule has 1 aliphatic carbocycles. The minimum atomic E-state index is -0.379. The Bertz CT molecular complexity index is 454. The van der Waals surface area contributed by atoms with Crippen molar-refractivity contribution in [3.8, 4) is 0 Å². The Balaban J connectivity index is 2.07. The number of halogens is 1. The number of aryl methyl sites for hydroxylation is 1. The van der Waals surface area contributed by atoms with Crippen molar-refractivity contribution in [2.75, 3.05) is 5.32 Å². The first-order valence-electron chi connectivity index (χ1n) is 5.89. The van der Waals surface area contributed by atoms with E-state index in [-0.39, 0.29) is 23.3 Å². The summed E-state index contributed by atoms with van der Waals surface area (Å²) in [5.41, 5.74) is 1.22. The molecule has 0 saturated heterocycles. The maximum absolute atomic E-state index is 13.5. The van der Waals surface area contributed by atoms with E-state index in [1.54, 1.807) is 12.1 Å². The van der Waals surface area contributed by atoms with E-state index < -0.39 is 0 Å². The minimum absolute atomic E-state index is 0.0279. The van der Waals surface area contributed by atoms with Crippen LogP contribution in [-0.2, 0) is 4.79 Å². The number of benzene rings is 1. The Morgan fingerprint density at radius 2 is 2.24 bits per heavy atom. The van der Waals surface area contributed by atoms with Gasteiger partial charge in [-0.05, 0) is 43.9 Å². The number of hydrogen-bond acceptors (Lipinski definition) is 1. The molecule has 2 rings (SSSR count). The second kappa shape index (κ2) is 5.13. The molecular formula is C14H16FNO. The van der Waals surface area contributed by atoms with Gasteiger partial charge >= 0.3 is 0 Å². The molecule has 0 radical (unpaired) electrons. The first-order chi connectivity index (χ1) is 8.16. The molecule has 90 valence electrons. The van der Waals surface area contributed by atoms with Crippen LogP contribution in [0.2, 0.25) is 0 Å². The summed E-state index contributed by atoms with van der Waals surface area (Å²) in [7, 11) is 0. The summed E-state index contributed by atoms with van der Waals surface area (Å²) in [6.07, 6.45) is 6.61. The fourth-order valence-corrected chi connectivity index (χ4v) is 2.00. The molecule has 1 aromatic rings. The molecule has 0 saturated carbocycles. The predicted molar refractivity (Wildman–Crippen MR) is 66.2 cm³/mol. The number of amides is 1. The molecule has 1 unspecified atom stereocenters. The smallest absolute Gasteiger partial charge is 0.227 e. The van der Waals surface area contributed by atoms with Crippen molar-refractivity contribution in [2.45, 2.75) is 26.2 Å². The van der Waals surface area contributed by atoms with Crippen LogP contribution in [0.15, 0.2) is 30.4 Å². The Labute approximate surface area is 101 Å². The number of rotatable bonds is 2. The van der Waals surface area contributed by atoms with Crippen LogP contribution in [0.25, 0.3) is 0 Å². The standard InChI is InChI=1S/C14H16FNO/c1-10-7-8-12(15)13(9-10)16-14(17)11-5-3-2-4-6-11/h2-3,7-9,11H,4-6H2,1H3,(H,16,17). The van der Waals surface area contributed by atoms with E-state index in [1.165, 1.54) is 6.07 Å². The van der Waals surface area contributed by atoms with Gasteiger partial charge in [-0.2, -0.15) is 0 Å². The highest BCUT2D eigenvalue weighted by molar-refractivity contribution is 5.92. The van der Waals surface area contributed by atoms with Crippen LogP contribution >= 0.6 is 0 Å². The maximum Gasteiger partial charge on any atom is 0.227 e. The summed E-state index contributed by atoms with van der Waals surface area (Å²) in [5, 5.41) is 2.67. The summed E-state index contributed by atoms with van der Waals surface area (Å²) >= 11 is 0. The van der Waals surface area contributed by atoms with Crippen molar-refractivity contribution in [3.63, 3.8) is 0 Å². The number of carbonyl (C=O) groups is 1. The highest BCUT2D eigenvalue weighted by atomic mass is 19.1. The zero-order valence-corrected chi connectivity index (χ0v) is 9.87. The molecule has 1 atom stereocenters. The summed E-state index contributed by atoms with van der Waals surface area (Å²) in [5.74, 6) is -0.492. The lowest BCUT2D eigenvalue weighted by Gasteiger charge is -2.17.